The van der Waals surface area contributed by atoms with Crippen LogP contribution in [-0.4, -0.2) is 22.4 Å². The van der Waals surface area contributed by atoms with Crippen molar-refractivity contribution in [1.82, 2.24) is 15.3 Å². The number of hydrogen-bond acceptors (Lipinski definition) is 3. The van der Waals surface area contributed by atoms with Gasteiger partial charge in [-0.3, -0.25) is 4.79 Å². The average Bonchev–Trinajstić information content (AvgIpc) is 2.98. The second-order valence-electron chi connectivity index (χ2n) is 3.90. The molecule has 2 rings (SSSR count). The first-order valence-electron chi connectivity index (χ1n) is 5.73. The lowest BCUT2D eigenvalue weighted by Crippen LogP contribution is -2.23. The number of furan rings is 1. The monoisotopic (exact) mass is 245 g/mol. The Kier molecular flexibility index (Phi) is 3.96. The number of aromatic amines is 1. The number of carbonyl (C=O) groups is 1. The van der Waals surface area contributed by atoms with Crippen LogP contribution in [0.2, 0.25) is 0 Å². The number of rotatable bonds is 5. The zero-order valence-corrected chi connectivity index (χ0v) is 10.1. The Bertz CT molecular complexity index is 526. The fourth-order valence-electron chi connectivity index (χ4n) is 1.50. The molecule has 0 saturated carbocycles. The first-order valence-corrected chi connectivity index (χ1v) is 5.73. The lowest BCUT2D eigenvalue weighted by Gasteiger charge is -1.99. The molecule has 0 aliphatic heterocycles. The maximum absolute atomic E-state index is 11.5. The average molecular weight is 245 g/mol. The van der Waals surface area contributed by atoms with E-state index in [1.165, 1.54) is 6.08 Å². The van der Waals surface area contributed by atoms with E-state index in [2.05, 4.69) is 15.3 Å². The van der Waals surface area contributed by atoms with E-state index in [0.717, 1.165) is 17.9 Å². The molecule has 2 aromatic heterocycles. The number of hydrogen-bond donors (Lipinski definition) is 2. The van der Waals surface area contributed by atoms with Crippen molar-refractivity contribution < 1.29 is 9.21 Å². The molecule has 0 aliphatic rings. The molecule has 0 saturated heterocycles. The van der Waals surface area contributed by atoms with Crippen molar-refractivity contribution in [3.8, 4) is 0 Å². The summed E-state index contributed by atoms with van der Waals surface area (Å²) in [6.07, 6.45) is 7.22. The standard InChI is InChI=1S/C13H15N3O2/c1-10-2-3-12(18-10)4-5-13(17)15-7-6-11-8-14-9-16-11/h2-5,8-9H,6-7H2,1H3,(H,14,16)(H,15,17). The molecule has 1 amide bonds. The van der Waals surface area contributed by atoms with Crippen LogP contribution >= 0.6 is 0 Å². The fourth-order valence-corrected chi connectivity index (χ4v) is 1.50. The molecule has 18 heavy (non-hydrogen) atoms. The Labute approximate surface area is 105 Å². The summed E-state index contributed by atoms with van der Waals surface area (Å²) in [7, 11) is 0. The summed E-state index contributed by atoms with van der Waals surface area (Å²) in [4.78, 5) is 18.4. The Balaban J connectivity index is 1.73. The highest BCUT2D eigenvalue weighted by molar-refractivity contribution is 5.91. The van der Waals surface area contributed by atoms with Gasteiger partial charge in [-0.05, 0) is 25.1 Å². The quantitative estimate of drug-likeness (QED) is 0.787. The van der Waals surface area contributed by atoms with Gasteiger partial charge in [-0.15, -0.1) is 0 Å². The Morgan fingerprint density at radius 3 is 3.11 bits per heavy atom. The van der Waals surface area contributed by atoms with E-state index in [4.69, 9.17) is 4.42 Å². The third kappa shape index (κ3) is 3.62. The molecule has 2 aromatic rings. The van der Waals surface area contributed by atoms with Gasteiger partial charge in [0.2, 0.25) is 5.91 Å². The second-order valence-corrected chi connectivity index (χ2v) is 3.90. The number of aryl methyl sites for hydroxylation is 1. The highest BCUT2D eigenvalue weighted by atomic mass is 16.3. The van der Waals surface area contributed by atoms with E-state index in [1.807, 2.05) is 19.1 Å². The van der Waals surface area contributed by atoms with E-state index in [9.17, 15) is 4.79 Å². The molecule has 0 aliphatic carbocycles. The highest BCUT2D eigenvalue weighted by Crippen LogP contribution is 2.07. The number of nitrogens with zero attached hydrogens (tertiary/aromatic N) is 1. The molecular formula is C13H15N3O2. The minimum atomic E-state index is -0.136. The topological polar surface area (TPSA) is 70.9 Å². The number of carbonyl (C=O) groups excluding carboxylic acids is 1. The minimum Gasteiger partial charge on any atom is -0.462 e. The third-order valence-electron chi connectivity index (χ3n) is 2.41. The van der Waals surface area contributed by atoms with E-state index in [-0.39, 0.29) is 5.91 Å². The number of imidazole rings is 1. The summed E-state index contributed by atoms with van der Waals surface area (Å²) in [6, 6.07) is 3.68. The molecular weight excluding hydrogens is 230 g/mol. The lowest BCUT2D eigenvalue weighted by atomic mass is 10.3. The smallest absolute Gasteiger partial charge is 0.244 e. The molecule has 0 unspecified atom stereocenters. The van der Waals surface area contributed by atoms with Gasteiger partial charge in [-0.1, -0.05) is 0 Å². The SMILES string of the molecule is Cc1ccc(C=CC(=O)NCCc2cnc[nH]2)o1. The highest BCUT2D eigenvalue weighted by Gasteiger charge is 1.98. The van der Waals surface area contributed by atoms with Crippen molar-refractivity contribution in [3.05, 3.63) is 47.9 Å². The predicted molar refractivity (Wildman–Crippen MR) is 67.8 cm³/mol. The van der Waals surface area contributed by atoms with Crippen molar-refractivity contribution in [2.24, 2.45) is 0 Å². The van der Waals surface area contributed by atoms with Gasteiger partial charge < -0.3 is 14.7 Å². The predicted octanol–water partition coefficient (Wildman–Crippen LogP) is 1.68. The minimum absolute atomic E-state index is 0.136. The molecule has 2 heterocycles. The molecule has 0 aromatic carbocycles. The van der Waals surface area contributed by atoms with Crippen molar-refractivity contribution >= 4 is 12.0 Å². The molecule has 0 bridgehead atoms. The van der Waals surface area contributed by atoms with Crippen molar-refractivity contribution in [2.75, 3.05) is 6.54 Å². The van der Waals surface area contributed by atoms with Crippen LogP contribution in [0.3, 0.4) is 0 Å². The van der Waals surface area contributed by atoms with Gasteiger partial charge in [-0.2, -0.15) is 0 Å². The normalized spacial score (nSPS) is 10.9. The third-order valence-corrected chi connectivity index (χ3v) is 2.41. The van der Waals surface area contributed by atoms with Gasteiger partial charge in [0.25, 0.3) is 0 Å². The summed E-state index contributed by atoms with van der Waals surface area (Å²) in [5.74, 6) is 1.37. The van der Waals surface area contributed by atoms with Crippen LogP contribution in [0.5, 0.6) is 0 Å². The summed E-state index contributed by atoms with van der Waals surface area (Å²) >= 11 is 0. The van der Waals surface area contributed by atoms with E-state index < -0.39 is 0 Å². The number of nitrogens with one attached hydrogen (secondary N) is 2. The molecule has 0 spiro atoms. The van der Waals surface area contributed by atoms with E-state index >= 15 is 0 Å². The van der Waals surface area contributed by atoms with Crippen LogP contribution in [0.1, 0.15) is 17.2 Å². The van der Waals surface area contributed by atoms with E-state index in [0.29, 0.717) is 12.3 Å². The molecule has 5 heteroatoms. The van der Waals surface area contributed by atoms with Crippen LogP contribution in [0.15, 0.2) is 35.2 Å². The zero-order chi connectivity index (χ0) is 12.8. The van der Waals surface area contributed by atoms with Crippen molar-refractivity contribution in [1.29, 1.82) is 0 Å². The van der Waals surface area contributed by atoms with E-state index in [1.54, 1.807) is 18.6 Å². The summed E-state index contributed by atoms with van der Waals surface area (Å²) in [6.45, 7) is 2.43. The van der Waals surface area contributed by atoms with Crippen LogP contribution in [0.25, 0.3) is 6.08 Å². The summed E-state index contributed by atoms with van der Waals surface area (Å²) in [5.41, 5.74) is 1.00. The second kappa shape index (κ2) is 5.86. The number of amides is 1. The first kappa shape index (κ1) is 12.2. The molecule has 5 nitrogen and oxygen atoms in total. The maximum Gasteiger partial charge on any atom is 0.244 e. The first-order chi connectivity index (χ1) is 8.74. The molecule has 0 radical (unpaired) electrons. The Morgan fingerprint density at radius 2 is 2.44 bits per heavy atom. The Hall–Kier alpha value is -2.30. The van der Waals surface area contributed by atoms with Crippen LogP contribution in [0, 0.1) is 6.92 Å². The van der Waals surface area contributed by atoms with Gasteiger partial charge in [0, 0.05) is 30.9 Å². The molecule has 0 fully saturated rings. The summed E-state index contributed by atoms with van der Waals surface area (Å²) < 4.78 is 5.32. The van der Waals surface area contributed by atoms with Crippen molar-refractivity contribution in [2.45, 2.75) is 13.3 Å². The largest absolute Gasteiger partial charge is 0.462 e. The van der Waals surface area contributed by atoms with Crippen LogP contribution in [0.4, 0.5) is 0 Å². The van der Waals surface area contributed by atoms with Gasteiger partial charge >= 0.3 is 0 Å². The molecule has 94 valence electrons. The van der Waals surface area contributed by atoms with Gasteiger partial charge in [0.05, 0.1) is 6.33 Å². The van der Waals surface area contributed by atoms with Crippen LogP contribution < -0.4 is 5.32 Å². The maximum atomic E-state index is 11.5. The zero-order valence-electron chi connectivity index (χ0n) is 10.1. The van der Waals surface area contributed by atoms with Crippen molar-refractivity contribution in [3.63, 3.8) is 0 Å². The molecule has 0 atom stereocenters. The fraction of sp³-hybridized carbons (Fsp3) is 0.231. The van der Waals surface area contributed by atoms with Gasteiger partial charge in [-0.25, -0.2) is 4.98 Å². The number of H-pyrrole nitrogens is 1. The number of aromatic nitrogens is 2. The molecule has 2 N–H and O–H groups in total. The van der Waals surface area contributed by atoms with Gasteiger partial charge in [0.15, 0.2) is 0 Å². The van der Waals surface area contributed by atoms with Crippen LogP contribution in [-0.2, 0) is 11.2 Å². The lowest BCUT2D eigenvalue weighted by molar-refractivity contribution is -0.116. The van der Waals surface area contributed by atoms with Gasteiger partial charge in [0.1, 0.15) is 11.5 Å². The Morgan fingerprint density at radius 1 is 1.56 bits per heavy atom. The summed E-state index contributed by atoms with van der Waals surface area (Å²) in [5, 5.41) is 2.78.